The molecule has 0 bridgehead atoms. The van der Waals surface area contributed by atoms with Crippen LogP contribution in [0, 0.1) is 0 Å². The van der Waals surface area contributed by atoms with Crippen LogP contribution in [-0.4, -0.2) is 33.0 Å². The highest BCUT2D eigenvalue weighted by Crippen LogP contribution is 2.16. The van der Waals surface area contributed by atoms with E-state index >= 15 is 0 Å². The van der Waals surface area contributed by atoms with Crippen molar-refractivity contribution in [1.29, 1.82) is 0 Å². The second kappa shape index (κ2) is 5.13. The number of nitrogens with zero attached hydrogens (tertiary/aromatic N) is 3. The smallest absolute Gasteiger partial charge is 0.328 e. The molecule has 0 unspecified atom stereocenters. The van der Waals surface area contributed by atoms with Crippen LogP contribution in [-0.2, 0) is 4.79 Å². The monoisotopic (exact) mass is 245 g/mol. The van der Waals surface area contributed by atoms with Gasteiger partial charge in [0.2, 0.25) is 0 Å². The van der Waals surface area contributed by atoms with Gasteiger partial charge in [-0.05, 0) is 18.2 Å². The number of carboxylic acid groups (broad SMARTS) is 1. The van der Waals surface area contributed by atoms with Crippen molar-refractivity contribution in [2.24, 2.45) is 0 Å². The largest absolute Gasteiger partial charge is 0.493 e. The highest BCUT2D eigenvalue weighted by atomic mass is 16.5. The number of methoxy groups -OCH3 is 1. The van der Waals surface area contributed by atoms with Gasteiger partial charge in [-0.1, -0.05) is 0 Å². The van der Waals surface area contributed by atoms with Crippen molar-refractivity contribution in [2.75, 3.05) is 7.11 Å². The lowest BCUT2D eigenvalue weighted by atomic mass is 10.2. The van der Waals surface area contributed by atoms with Crippen LogP contribution in [0.2, 0.25) is 0 Å². The molecule has 0 aliphatic rings. The highest BCUT2D eigenvalue weighted by Gasteiger charge is 2.06. The van der Waals surface area contributed by atoms with Crippen LogP contribution < -0.4 is 4.74 Å². The fraction of sp³-hybridized carbons (Fsp3) is 0.0833. The fourth-order valence-electron chi connectivity index (χ4n) is 1.42. The molecule has 0 saturated heterocycles. The van der Waals surface area contributed by atoms with Crippen molar-refractivity contribution in [2.45, 2.75) is 0 Å². The third-order valence-corrected chi connectivity index (χ3v) is 2.23. The zero-order valence-corrected chi connectivity index (χ0v) is 9.65. The number of aromatic nitrogens is 3. The van der Waals surface area contributed by atoms with Crippen LogP contribution in [0.25, 0.3) is 11.9 Å². The lowest BCUT2D eigenvalue weighted by Crippen LogP contribution is -2.00. The summed E-state index contributed by atoms with van der Waals surface area (Å²) in [7, 11) is 1.55. The van der Waals surface area contributed by atoms with E-state index in [1.54, 1.807) is 37.8 Å². The molecule has 2 rings (SSSR count). The van der Waals surface area contributed by atoms with E-state index in [1.807, 2.05) is 0 Å². The number of hydrogen-bond donors (Lipinski definition) is 1. The first-order valence-corrected chi connectivity index (χ1v) is 5.16. The van der Waals surface area contributed by atoms with Crippen molar-refractivity contribution in [1.82, 2.24) is 14.8 Å². The summed E-state index contributed by atoms with van der Waals surface area (Å²) in [6.45, 7) is 0. The Balaban J connectivity index is 2.41. The molecule has 0 saturated carbocycles. The van der Waals surface area contributed by atoms with Crippen LogP contribution in [0.3, 0.4) is 0 Å². The van der Waals surface area contributed by atoms with E-state index < -0.39 is 5.97 Å². The molecule has 0 aliphatic heterocycles. The molecule has 0 fully saturated rings. The quantitative estimate of drug-likeness (QED) is 0.823. The maximum absolute atomic E-state index is 10.5. The van der Waals surface area contributed by atoms with Gasteiger partial charge < -0.3 is 9.84 Å². The van der Waals surface area contributed by atoms with Gasteiger partial charge in [0.1, 0.15) is 0 Å². The molecule has 2 heterocycles. The SMILES string of the molecule is COc1cnn(-c2ncccc2/C=C/C(=O)O)c1. The molecule has 0 amide bonds. The number of aliphatic carboxylic acids is 1. The van der Waals surface area contributed by atoms with Gasteiger partial charge in [-0.2, -0.15) is 5.10 Å². The Morgan fingerprint density at radius 3 is 3.06 bits per heavy atom. The molecular formula is C12H11N3O3. The summed E-state index contributed by atoms with van der Waals surface area (Å²) in [5.41, 5.74) is 0.658. The zero-order valence-electron chi connectivity index (χ0n) is 9.65. The lowest BCUT2D eigenvalue weighted by molar-refractivity contribution is -0.131. The molecule has 0 spiro atoms. The van der Waals surface area contributed by atoms with Crippen LogP contribution in [0.4, 0.5) is 0 Å². The van der Waals surface area contributed by atoms with E-state index in [2.05, 4.69) is 10.1 Å². The maximum atomic E-state index is 10.5. The first-order valence-electron chi connectivity index (χ1n) is 5.16. The van der Waals surface area contributed by atoms with E-state index in [4.69, 9.17) is 9.84 Å². The molecule has 18 heavy (non-hydrogen) atoms. The minimum atomic E-state index is -1.01. The zero-order chi connectivity index (χ0) is 13.0. The van der Waals surface area contributed by atoms with E-state index in [0.717, 1.165) is 6.08 Å². The van der Waals surface area contributed by atoms with Gasteiger partial charge in [0.05, 0.1) is 19.5 Å². The van der Waals surface area contributed by atoms with Gasteiger partial charge in [0, 0.05) is 17.8 Å². The van der Waals surface area contributed by atoms with Crippen molar-refractivity contribution in [3.05, 3.63) is 42.4 Å². The first kappa shape index (κ1) is 11.8. The van der Waals surface area contributed by atoms with Crippen molar-refractivity contribution >= 4 is 12.0 Å². The van der Waals surface area contributed by atoms with Crippen LogP contribution in [0.15, 0.2) is 36.8 Å². The van der Waals surface area contributed by atoms with E-state index in [1.165, 1.54) is 10.8 Å². The maximum Gasteiger partial charge on any atom is 0.328 e. The molecule has 1 N–H and O–H groups in total. The molecular weight excluding hydrogens is 234 g/mol. The molecule has 0 aromatic carbocycles. The van der Waals surface area contributed by atoms with Crippen molar-refractivity contribution in [3.8, 4) is 11.6 Å². The van der Waals surface area contributed by atoms with Gasteiger partial charge in [0.25, 0.3) is 0 Å². The summed E-state index contributed by atoms with van der Waals surface area (Å²) in [5.74, 6) is 0.134. The Bertz CT molecular complexity index is 590. The Hall–Kier alpha value is -2.63. The summed E-state index contributed by atoms with van der Waals surface area (Å²) in [5, 5.41) is 12.7. The Morgan fingerprint density at radius 1 is 1.56 bits per heavy atom. The number of ether oxygens (including phenoxy) is 1. The number of hydrogen-bond acceptors (Lipinski definition) is 4. The number of carbonyl (C=O) groups is 1. The summed E-state index contributed by atoms with van der Waals surface area (Å²) >= 11 is 0. The van der Waals surface area contributed by atoms with E-state index in [9.17, 15) is 4.79 Å². The third-order valence-electron chi connectivity index (χ3n) is 2.23. The van der Waals surface area contributed by atoms with Gasteiger partial charge >= 0.3 is 5.97 Å². The molecule has 2 aromatic rings. The second-order valence-corrected chi connectivity index (χ2v) is 3.41. The van der Waals surface area contributed by atoms with Gasteiger partial charge in [-0.3, -0.25) is 0 Å². The summed E-state index contributed by atoms with van der Waals surface area (Å²) < 4.78 is 6.56. The second-order valence-electron chi connectivity index (χ2n) is 3.41. The molecule has 6 nitrogen and oxygen atoms in total. The molecule has 0 atom stereocenters. The predicted octanol–water partition coefficient (Wildman–Crippen LogP) is 1.37. The van der Waals surface area contributed by atoms with Crippen molar-refractivity contribution < 1.29 is 14.6 Å². The average Bonchev–Trinajstić information content (AvgIpc) is 2.85. The van der Waals surface area contributed by atoms with Crippen LogP contribution in [0.1, 0.15) is 5.56 Å². The minimum absolute atomic E-state index is 0.540. The molecule has 92 valence electrons. The topological polar surface area (TPSA) is 77.2 Å². The molecule has 0 aliphatic carbocycles. The Labute approximate surface area is 103 Å². The van der Waals surface area contributed by atoms with E-state index in [0.29, 0.717) is 17.1 Å². The summed E-state index contributed by atoms with van der Waals surface area (Å²) in [6, 6.07) is 3.49. The van der Waals surface area contributed by atoms with Crippen LogP contribution >= 0.6 is 0 Å². The first-order chi connectivity index (χ1) is 8.70. The number of pyridine rings is 1. The lowest BCUT2D eigenvalue weighted by Gasteiger charge is -2.03. The van der Waals surface area contributed by atoms with E-state index in [-0.39, 0.29) is 0 Å². The standard InChI is InChI=1S/C12H11N3O3/c1-18-10-7-14-15(8-10)12-9(3-2-6-13-12)4-5-11(16)17/h2-8H,1H3,(H,16,17)/b5-4+. The minimum Gasteiger partial charge on any atom is -0.493 e. The normalized spacial score (nSPS) is 10.7. The summed E-state index contributed by atoms with van der Waals surface area (Å²) in [4.78, 5) is 14.7. The Morgan fingerprint density at radius 2 is 2.39 bits per heavy atom. The molecule has 0 radical (unpaired) electrons. The highest BCUT2D eigenvalue weighted by molar-refractivity contribution is 5.85. The predicted molar refractivity (Wildman–Crippen MR) is 64.6 cm³/mol. The number of carboxylic acids is 1. The fourth-order valence-corrected chi connectivity index (χ4v) is 1.42. The number of rotatable bonds is 4. The average molecular weight is 245 g/mol. The van der Waals surface area contributed by atoms with Gasteiger partial charge in [-0.15, -0.1) is 0 Å². The van der Waals surface area contributed by atoms with Gasteiger partial charge in [0.15, 0.2) is 11.6 Å². The summed E-state index contributed by atoms with van der Waals surface area (Å²) in [6.07, 6.45) is 7.36. The third kappa shape index (κ3) is 2.54. The molecule has 2 aromatic heterocycles. The van der Waals surface area contributed by atoms with Crippen molar-refractivity contribution in [3.63, 3.8) is 0 Å². The molecule has 6 heteroatoms. The van der Waals surface area contributed by atoms with Crippen LogP contribution in [0.5, 0.6) is 5.75 Å². The Kier molecular flexibility index (Phi) is 3.38. The van der Waals surface area contributed by atoms with Gasteiger partial charge in [-0.25, -0.2) is 14.5 Å².